The molecule has 3 rings (SSSR count). The highest BCUT2D eigenvalue weighted by Crippen LogP contribution is 2.59. The molecule has 3 nitrogen and oxygen atoms in total. The molecule has 0 aromatic heterocycles. The van der Waals surface area contributed by atoms with Crippen LogP contribution in [0.2, 0.25) is 0 Å². The molecular weight excluding hydrogens is 303 g/mol. The van der Waals surface area contributed by atoms with E-state index in [0.29, 0.717) is 0 Å². The number of benzene rings is 1. The fourth-order valence-electron chi connectivity index (χ4n) is 2.91. The van der Waals surface area contributed by atoms with Crippen LogP contribution < -0.4 is 0 Å². The van der Waals surface area contributed by atoms with Crippen LogP contribution in [0.15, 0.2) is 42.5 Å². The van der Waals surface area contributed by atoms with Gasteiger partial charge < -0.3 is 4.52 Å². The molecule has 124 valence electrons. The summed E-state index contributed by atoms with van der Waals surface area (Å²) in [5, 5.41) is 0. The van der Waals surface area contributed by atoms with Crippen molar-refractivity contribution in [3.8, 4) is 0 Å². The third-order valence-corrected chi connectivity index (χ3v) is 7.97. The van der Waals surface area contributed by atoms with Crippen LogP contribution in [0.3, 0.4) is 0 Å². The van der Waals surface area contributed by atoms with Gasteiger partial charge in [-0.1, -0.05) is 43.4 Å². The Balaban J connectivity index is 1.78. The standard InChI is InChI=1S/C19H27N2OP/c1-5-20(3)23(4,21-13-14-21)22-16(2)18-11-8-12-19(15-18)17-9-6-7-10-17/h6-9,11-12,15-16H,4-5,10,13-14H2,1-3H3. The minimum Gasteiger partial charge on any atom is -0.327 e. The van der Waals surface area contributed by atoms with Gasteiger partial charge in [-0.15, -0.1) is 0 Å². The van der Waals surface area contributed by atoms with Gasteiger partial charge in [0.25, 0.3) is 0 Å². The number of rotatable bonds is 7. The summed E-state index contributed by atoms with van der Waals surface area (Å²) >= 11 is 0. The summed E-state index contributed by atoms with van der Waals surface area (Å²) in [6, 6.07) is 8.75. The SMILES string of the molecule is C=P(OC(C)c1cccc(C2=CC=CC2)c1)(N(C)CC)N1CC1. The molecule has 0 spiro atoms. The molecular formula is C19H27N2OP. The number of hydrogen-bond donors (Lipinski definition) is 0. The lowest BCUT2D eigenvalue weighted by atomic mass is 10.0. The fourth-order valence-corrected chi connectivity index (χ4v) is 5.42. The Morgan fingerprint density at radius 2 is 2.17 bits per heavy atom. The van der Waals surface area contributed by atoms with Crippen molar-refractivity contribution in [3.05, 3.63) is 53.6 Å². The maximum Gasteiger partial charge on any atom is 0.131 e. The molecule has 0 amide bonds. The molecule has 0 radical (unpaired) electrons. The zero-order valence-corrected chi connectivity index (χ0v) is 15.3. The van der Waals surface area contributed by atoms with Crippen molar-refractivity contribution in [1.82, 2.24) is 9.34 Å². The monoisotopic (exact) mass is 330 g/mol. The number of nitrogens with zero attached hydrogens (tertiary/aromatic N) is 2. The van der Waals surface area contributed by atoms with Crippen molar-refractivity contribution in [2.24, 2.45) is 0 Å². The zero-order valence-electron chi connectivity index (χ0n) is 14.4. The summed E-state index contributed by atoms with van der Waals surface area (Å²) in [6.07, 6.45) is 12.1. The maximum atomic E-state index is 6.54. The number of allylic oxidation sites excluding steroid dienone is 4. The van der Waals surface area contributed by atoms with Crippen molar-refractivity contribution in [3.63, 3.8) is 0 Å². The van der Waals surface area contributed by atoms with Gasteiger partial charge in [0.05, 0.1) is 6.10 Å². The van der Waals surface area contributed by atoms with E-state index in [2.05, 4.69) is 79.0 Å². The molecule has 1 aliphatic heterocycles. The Morgan fingerprint density at radius 1 is 1.39 bits per heavy atom. The van der Waals surface area contributed by atoms with E-state index in [-0.39, 0.29) is 6.10 Å². The predicted octanol–water partition coefficient (Wildman–Crippen LogP) is 4.57. The number of hydrogen-bond acceptors (Lipinski definition) is 3. The van der Waals surface area contributed by atoms with Crippen LogP contribution >= 0.6 is 7.41 Å². The second-order valence-electron chi connectivity index (χ2n) is 6.29. The lowest BCUT2D eigenvalue weighted by Crippen LogP contribution is -2.22. The first-order valence-corrected chi connectivity index (χ1v) is 10.2. The maximum absolute atomic E-state index is 6.54. The average Bonchev–Trinajstić information content (AvgIpc) is 3.29. The highest BCUT2D eigenvalue weighted by Gasteiger charge is 2.37. The molecule has 1 aromatic carbocycles. The Bertz CT molecular complexity index is 676. The second-order valence-corrected chi connectivity index (χ2v) is 9.08. The average molecular weight is 330 g/mol. The van der Waals surface area contributed by atoms with Gasteiger partial charge in [-0.2, -0.15) is 0 Å². The molecule has 23 heavy (non-hydrogen) atoms. The van der Waals surface area contributed by atoms with Crippen LogP contribution in [0, 0.1) is 0 Å². The molecule has 1 aromatic rings. The zero-order chi connectivity index (χ0) is 16.4. The van der Waals surface area contributed by atoms with Crippen molar-refractivity contribution in [2.75, 3.05) is 26.7 Å². The normalized spacial score (nSPS) is 21.3. The summed E-state index contributed by atoms with van der Waals surface area (Å²) < 4.78 is 11.2. The highest BCUT2D eigenvalue weighted by molar-refractivity contribution is 7.64. The largest absolute Gasteiger partial charge is 0.327 e. The molecule has 1 fully saturated rings. The Kier molecular flexibility index (Phi) is 4.93. The third-order valence-electron chi connectivity index (χ3n) is 4.68. The van der Waals surface area contributed by atoms with Gasteiger partial charge in [0.2, 0.25) is 0 Å². The van der Waals surface area contributed by atoms with Crippen LogP contribution in [0.5, 0.6) is 0 Å². The lowest BCUT2D eigenvalue weighted by Gasteiger charge is -2.36. The Hall–Kier alpha value is -1.12. The quantitative estimate of drug-likeness (QED) is 0.538. The first-order chi connectivity index (χ1) is 11.0. The smallest absolute Gasteiger partial charge is 0.131 e. The second kappa shape index (κ2) is 6.78. The molecule has 2 aliphatic rings. The molecule has 1 heterocycles. The highest BCUT2D eigenvalue weighted by atomic mass is 31.2. The van der Waals surface area contributed by atoms with E-state index in [1.54, 1.807) is 0 Å². The summed E-state index contributed by atoms with van der Waals surface area (Å²) in [4.78, 5) is 0. The summed E-state index contributed by atoms with van der Waals surface area (Å²) in [5.41, 5.74) is 3.91. The van der Waals surface area contributed by atoms with E-state index in [4.69, 9.17) is 4.52 Å². The topological polar surface area (TPSA) is 15.5 Å². The molecule has 0 bridgehead atoms. The Labute approximate surface area is 140 Å². The minimum absolute atomic E-state index is 0.0466. The van der Waals surface area contributed by atoms with E-state index in [1.165, 1.54) is 16.7 Å². The fraction of sp³-hybridized carbons (Fsp3) is 0.421. The first-order valence-electron chi connectivity index (χ1n) is 8.39. The van der Waals surface area contributed by atoms with Crippen molar-refractivity contribution >= 4 is 19.3 Å². The summed E-state index contributed by atoms with van der Waals surface area (Å²) in [5.74, 6) is 0. The molecule has 1 saturated heterocycles. The summed E-state index contributed by atoms with van der Waals surface area (Å²) in [6.45, 7) is 7.48. The van der Waals surface area contributed by atoms with Crippen LogP contribution in [-0.2, 0) is 4.52 Å². The first kappa shape index (κ1) is 16.7. The van der Waals surface area contributed by atoms with Gasteiger partial charge in [0, 0.05) is 19.6 Å². The van der Waals surface area contributed by atoms with Gasteiger partial charge in [-0.25, -0.2) is 4.67 Å². The van der Waals surface area contributed by atoms with E-state index in [1.807, 2.05) is 0 Å². The molecule has 1 aliphatic carbocycles. The van der Waals surface area contributed by atoms with E-state index in [0.717, 1.165) is 26.1 Å². The van der Waals surface area contributed by atoms with Crippen molar-refractivity contribution in [2.45, 2.75) is 26.4 Å². The van der Waals surface area contributed by atoms with Gasteiger partial charge >= 0.3 is 0 Å². The van der Waals surface area contributed by atoms with E-state index < -0.39 is 7.41 Å². The van der Waals surface area contributed by atoms with Crippen molar-refractivity contribution < 1.29 is 4.52 Å². The molecule has 2 unspecified atom stereocenters. The van der Waals surface area contributed by atoms with Crippen LogP contribution in [0.4, 0.5) is 0 Å². The van der Waals surface area contributed by atoms with Gasteiger partial charge in [0.1, 0.15) is 7.41 Å². The van der Waals surface area contributed by atoms with E-state index >= 15 is 0 Å². The minimum atomic E-state index is -1.89. The van der Waals surface area contributed by atoms with Crippen molar-refractivity contribution in [1.29, 1.82) is 0 Å². The lowest BCUT2D eigenvalue weighted by molar-refractivity contribution is 0.219. The Morgan fingerprint density at radius 3 is 2.78 bits per heavy atom. The predicted molar refractivity (Wildman–Crippen MR) is 102 cm³/mol. The molecule has 4 heteroatoms. The van der Waals surface area contributed by atoms with Crippen LogP contribution in [0.25, 0.3) is 5.57 Å². The van der Waals surface area contributed by atoms with Gasteiger partial charge in [-0.05, 0) is 49.5 Å². The third kappa shape index (κ3) is 3.54. The van der Waals surface area contributed by atoms with E-state index in [9.17, 15) is 0 Å². The van der Waals surface area contributed by atoms with Gasteiger partial charge in [-0.3, -0.25) is 4.67 Å². The molecule has 2 atom stereocenters. The summed E-state index contributed by atoms with van der Waals surface area (Å²) in [7, 11) is 0.229. The van der Waals surface area contributed by atoms with Crippen LogP contribution in [-0.4, -0.2) is 42.3 Å². The van der Waals surface area contributed by atoms with Gasteiger partial charge in [0.15, 0.2) is 0 Å². The van der Waals surface area contributed by atoms with Crippen LogP contribution in [0.1, 0.15) is 37.5 Å². The molecule has 0 N–H and O–H groups in total. The molecule has 0 saturated carbocycles.